The fraction of sp³-hybridized carbons (Fsp3) is 0. The minimum atomic E-state index is 0.804. The highest BCUT2D eigenvalue weighted by Crippen LogP contribution is 2.60. The van der Waals surface area contributed by atoms with Crippen LogP contribution in [0.5, 0.6) is 34.5 Å². The average Bonchev–Trinajstić information content (AvgIpc) is 0.716. The third-order valence-electron chi connectivity index (χ3n) is 30.6. The second-order valence-electron chi connectivity index (χ2n) is 38.0. The van der Waals surface area contributed by atoms with E-state index in [1.807, 2.05) is 0 Å². The molecule has 0 atom stereocenters. The minimum Gasteiger partial charge on any atom is -0.456 e. The molecule has 0 unspecified atom stereocenters. The lowest BCUT2D eigenvalue weighted by molar-refractivity contribution is 0.486. The van der Waals surface area contributed by atoms with Gasteiger partial charge in [-0.15, -0.1) is 0 Å². The van der Waals surface area contributed by atoms with Crippen LogP contribution in [0.3, 0.4) is 0 Å². The largest absolute Gasteiger partial charge is 0.456 e. The lowest BCUT2D eigenvalue weighted by atomic mass is 9.81. The number of hydrogen-bond acceptors (Lipinski definition) is 3. The molecular formula is C138H80O3. The van der Waals surface area contributed by atoms with Gasteiger partial charge in [-0.3, -0.25) is 0 Å². The van der Waals surface area contributed by atoms with Crippen molar-refractivity contribution in [2.75, 3.05) is 0 Å². The van der Waals surface area contributed by atoms with Crippen LogP contribution >= 0.6 is 0 Å². The molecular weight excluding hydrogens is 1710 g/mol. The number of ether oxygens (including phenoxy) is 3. The molecule has 0 fully saturated rings. The summed E-state index contributed by atoms with van der Waals surface area (Å²) >= 11 is 0. The fourth-order valence-corrected chi connectivity index (χ4v) is 24.5. The van der Waals surface area contributed by atoms with Crippen LogP contribution in [0.15, 0.2) is 485 Å². The quantitative estimate of drug-likeness (QED) is 0.121. The van der Waals surface area contributed by atoms with Gasteiger partial charge < -0.3 is 14.2 Å². The average molecular weight is 1790 g/mol. The standard InChI is InChI=1S/C138H80O3/c1-4-29-81(30-5-1)91-66-70-113(97-40-13-10-37-94(91)97)134-109-48-20-16-44-105(109)129(106-45-17-21-49-110(106)134)89-60-62-102-104-52-26-35-84-57-65-119(138(133(84)104)141-128(102)80-89)100-69-73-116-120-78-88(61-74-125(120)140-127-56-28-53-103(100)137(116)127)130-107-46-18-22-50-111(107)135(114-71-67-92(82-31-6-2-7-32-82)95-38-11-14-41-98(95)114)118-64-59-85(76-122(118)130)86-58-63-117-123(77-86)136(115-72-68-93(83-33-8-3-9-34-83)96-39-12-15-42-99(96)115)112-51-23-19-47-108(112)131(117)90-75-87-36-27-55-126-132(87)121(79-90)101-43-24-25-54-124(101)139-126/h1-80H. The fourth-order valence-electron chi connectivity index (χ4n) is 24.5. The first-order chi connectivity index (χ1) is 70.0. The minimum absolute atomic E-state index is 0.804. The van der Waals surface area contributed by atoms with Crippen molar-refractivity contribution in [3.05, 3.63) is 485 Å². The third kappa shape index (κ3) is 12.0. The second kappa shape index (κ2) is 31.0. The predicted molar refractivity (Wildman–Crippen MR) is 593 cm³/mol. The first kappa shape index (κ1) is 78.8. The Morgan fingerprint density at radius 1 is 0.106 bits per heavy atom. The molecule has 0 radical (unpaired) electrons. The smallest absolute Gasteiger partial charge is 0.143 e. The first-order valence-electron chi connectivity index (χ1n) is 48.7. The van der Waals surface area contributed by atoms with Gasteiger partial charge in [0.15, 0.2) is 0 Å². The maximum absolute atomic E-state index is 7.68. The normalized spacial score (nSPS) is 12.3. The summed E-state index contributed by atoms with van der Waals surface area (Å²) in [6, 6.07) is 181. The molecule has 0 bridgehead atoms. The predicted octanol–water partition coefficient (Wildman–Crippen LogP) is 39.2. The molecule has 141 heavy (non-hydrogen) atoms. The van der Waals surface area contributed by atoms with Crippen LogP contribution in [0.25, 0.3) is 285 Å². The lowest BCUT2D eigenvalue weighted by Gasteiger charge is -2.27. The van der Waals surface area contributed by atoms with Gasteiger partial charge in [0.25, 0.3) is 0 Å². The van der Waals surface area contributed by atoms with Crippen molar-refractivity contribution in [3.8, 4) is 190 Å². The maximum atomic E-state index is 7.68. The molecule has 3 heterocycles. The van der Waals surface area contributed by atoms with Crippen LogP contribution in [-0.2, 0) is 0 Å². The Kier molecular flexibility index (Phi) is 17.3. The Hall–Kier alpha value is -18.5. The maximum Gasteiger partial charge on any atom is 0.143 e. The molecule has 0 amide bonds. The molecule has 30 rings (SSSR count). The lowest BCUT2D eigenvalue weighted by Crippen LogP contribution is -2.01. The van der Waals surface area contributed by atoms with Gasteiger partial charge in [-0.05, 0) is 319 Å². The highest BCUT2D eigenvalue weighted by Gasteiger charge is 2.33. The highest BCUT2D eigenvalue weighted by atomic mass is 16.5. The zero-order chi connectivity index (χ0) is 92.2. The van der Waals surface area contributed by atoms with E-state index in [1.165, 1.54) is 153 Å². The van der Waals surface area contributed by atoms with Crippen LogP contribution < -0.4 is 14.2 Å². The van der Waals surface area contributed by atoms with Gasteiger partial charge in [-0.2, -0.15) is 0 Å². The van der Waals surface area contributed by atoms with E-state index >= 15 is 0 Å². The van der Waals surface area contributed by atoms with E-state index < -0.39 is 0 Å². The molecule has 0 saturated carbocycles. The zero-order valence-corrected chi connectivity index (χ0v) is 76.4. The van der Waals surface area contributed by atoms with Gasteiger partial charge in [-0.1, -0.05) is 413 Å². The monoisotopic (exact) mass is 1780 g/mol. The zero-order valence-electron chi connectivity index (χ0n) is 76.4. The van der Waals surface area contributed by atoms with Crippen molar-refractivity contribution in [2.24, 2.45) is 0 Å². The summed E-state index contributed by atoms with van der Waals surface area (Å²) in [5, 5.41) is 27.9. The molecule has 27 aromatic rings. The summed E-state index contributed by atoms with van der Waals surface area (Å²) in [5.41, 5.74) is 32.0. The van der Waals surface area contributed by atoms with Crippen molar-refractivity contribution < 1.29 is 14.2 Å². The number of fused-ring (bicyclic) bond motifs is 15. The highest BCUT2D eigenvalue weighted by molar-refractivity contribution is 6.30. The second-order valence-corrected chi connectivity index (χ2v) is 38.0. The van der Waals surface area contributed by atoms with Crippen LogP contribution in [-0.4, -0.2) is 0 Å². The summed E-state index contributed by atoms with van der Waals surface area (Å²) in [6.07, 6.45) is 0. The van der Waals surface area contributed by atoms with Gasteiger partial charge in [0, 0.05) is 38.4 Å². The molecule has 3 aliphatic heterocycles. The summed E-state index contributed by atoms with van der Waals surface area (Å²) in [5.74, 6) is 5.00. The SMILES string of the molecule is c1ccc(-c2ccc(-c3c4ccccc4c(-c4ccc5c(c4)Oc4c(-c6ccc7c8c(cccc68)Oc6ccc(-c8c9ccccc9c(-c9ccc(-c%10ccccc%10)c%10ccccc9%10)c9ccc(-c%10ccc%11c(-c%12cc%13c%14c(cccc%14c%12)Oc%12ccccc%12-%13)c%12ccccc%12c(-c%12ccc(-c%13ccccc%13)c%13ccccc%12%13)c%11c%10)cc89)cc6-7)ccc6cccc-5c46)c4ccccc34)c3ccccc23)cc1. The van der Waals surface area contributed by atoms with Crippen molar-refractivity contribution >= 4 is 129 Å². The molecule has 0 spiro atoms. The van der Waals surface area contributed by atoms with Gasteiger partial charge in [0.05, 0.1) is 0 Å². The van der Waals surface area contributed by atoms with Crippen molar-refractivity contribution in [2.45, 2.75) is 0 Å². The number of benzene rings is 27. The molecule has 3 heteroatoms. The topological polar surface area (TPSA) is 27.7 Å². The molecule has 0 saturated heterocycles. The summed E-state index contributed by atoms with van der Waals surface area (Å²) < 4.78 is 21.7. The Bertz CT molecular complexity index is 10100. The van der Waals surface area contributed by atoms with Crippen molar-refractivity contribution in [1.29, 1.82) is 0 Å². The number of para-hydroxylation sites is 1. The summed E-state index contributed by atoms with van der Waals surface area (Å²) in [6.45, 7) is 0. The molecule has 0 aromatic heterocycles. The van der Waals surface area contributed by atoms with E-state index in [2.05, 4.69) is 485 Å². The molecule has 0 N–H and O–H groups in total. The van der Waals surface area contributed by atoms with Crippen LogP contribution in [0.4, 0.5) is 0 Å². The van der Waals surface area contributed by atoms with Gasteiger partial charge >= 0.3 is 0 Å². The summed E-state index contributed by atoms with van der Waals surface area (Å²) in [7, 11) is 0. The number of hydrogen-bond donors (Lipinski definition) is 0. The Morgan fingerprint density at radius 2 is 0.433 bits per heavy atom. The van der Waals surface area contributed by atoms with Crippen LogP contribution in [0.1, 0.15) is 0 Å². The number of rotatable bonds is 11. The Balaban J connectivity index is 0.598. The molecule has 3 aliphatic rings. The van der Waals surface area contributed by atoms with E-state index in [0.717, 1.165) is 166 Å². The first-order valence-corrected chi connectivity index (χ1v) is 48.7. The van der Waals surface area contributed by atoms with Crippen molar-refractivity contribution in [3.63, 3.8) is 0 Å². The van der Waals surface area contributed by atoms with E-state index in [-0.39, 0.29) is 0 Å². The van der Waals surface area contributed by atoms with Gasteiger partial charge in [0.1, 0.15) is 34.5 Å². The molecule has 27 aromatic carbocycles. The van der Waals surface area contributed by atoms with E-state index in [9.17, 15) is 0 Å². The van der Waals surface area contributed by atoms with E-state index in [4.69, 9.17) is 14.2 Å². The molecule has 0 aliphatic carbocycles. The van der Waals surface area contributed by atoms with Crippen LogP contribution in [0, 0.1) is 0 Å². The van der Waals surface area contributed by atoms with Gasteiger partial charge in [-0.25, -0.2) is 0 Å². The van der Waals surface area contributed by atoms with Crippen molar-refractivity contribution in [1.82, 2.24) is 0 Å². The van der Waals surface area contributed by atoms with Gasteiger partial charge in [0.2, 0.25) is 0 Å². The third-order valence-corrected chi connectivity index (χ3v) is 30.6. The summed E-state index contributed by atoms with van der Waals surface area (Å²) in [4.78, 5) is 0. The van der Waals surface area contributed by atoms with Crippen LogP contribution in [0.2, 0.25) is 0 Å². The Morgan fingerprint density at radius 3 is 0.979 bits per heavy atom. The molecule has 3 nitrogen and oxygen atoms in total. The molecule has 650 valence electrons. The van der Waals surface area contributed by atoms with E-state index in [0.29, 0.717) is 0 Å². The van der Waals surface area contributed by atoms with E-state index in [1.54, 1.807) is 0 Å². The Labute approximate surface area is 813 Å².